The smallest absolute Gasteiger partial charge is 0.292 e. The zero-order valence-electron chi connectivity index (χ0n) is 10.1. The molecule has 0 amide bonds. The van der Waals surface area contributed by atoms with Gasteiger partial charge in [-0.2, -0.15) is 0 Å². The molecule has 0 atom stereocenters. The van der Waals surface area contributed by atoms with Crippen LogP contribution in [0.25, 0.3) is 0 Å². The molecule has 0 spiro atoms. The highest BCUT2D eigenvalue weighted by Crippen LogP contribution is 2.23. The van der Waals surface area contributed by atoms with Gasteiger partial charge in [-0.1, -0.05) is 19.1 Å². The van der Waals surface area contributed by atoms with Crippen molar-refractivity contribution in [2.24, 2.45) is 0 Å². The third-order valence-electron chi connectivity index (χ3n) is 2.69. The predicted molar refractivity (Wildman–Crippen MR) is 66.1 cm³/mol. The highest BCUT2D eigenvalue weighted by Gasteiger charge is 2.08. The molecule has 0 radical (unpaired) electrons. The Kier molecular flexibility index (Phi) is 3.32. The first-order valence-electron chi connectivity index (χ1n) is 5.59. The Bertz CT molecular complexity index is 506. The van der Waals surface area contributed by atoms with Gasteiger partial charge in [0.1, 0.15) is 11.5 Å². The molecule has 0 saturated carbocycles. The van der Waals surface area contributed by atoms with Crippen molar-refractivity contribution in [1.82, 2.24) is 4.98 Å². The second-order valence-electron chi connectivity index (χ2n) is 3.84. The number of ether oxygens (including phenoxy) is 1. The zero-order valence-corrected chi connectivity index (χ0v) is 10.1. The summed E-state index contributed by atoms with van der Waals surface area (Å²) in [5.41, 5.74) is 7.81. The number of nitrogens with zero attached hydrogens (tertiary/aromatic N) is 1. The van der Waals surface area contributed by atoms with E-state index in [0.717, 1.165) is 23.5 Å². The maximum absolute atomic E-state index is 5.45. The molecule has 4 heteroatoms. The van der Waals surface area contributed by atoms with E-state index in [2.05, 4.69) is 24.0 Å². The summed E-state index contributed by atoms with van der Waals surface area (Å²) in [7, 11) is 1.67. The number of methoxy groups -OCH3 is 1. The topological polar surface area (TPSA) is 61.3 Å². The van der Waals surface area contributed by atoms with E-state index in [1.165, 1.54) is 5.56 Å². The van der Waals surface area contributed by atoms with E-state index >= 15 is 0 Å². The van der Waals surface area contributed by atoms with Gasteiger partial charge in [0.15, 0.2) is 0 Å². The molecule has 1 heterocycles. The monoisotopic (exact) mass is 232 g/mol. The molecule has 0 saturated heterocycles. The van der Waals surface area contributed by atoms with E-state index in [4.69, 9.17) is 14.9 Å². The van der Waals surface area contributed by atoms with Crippen LogP contribution in [0.2, 0.25) is 0 Å². The Labute approximate surface area is 100 Å². The van der Waals surface area contributed by atoms with Crippen LogP contribution in [-0.4, -0.2) is 12.1 Å². The molecule has 0 bridgehead atoms. The lowest BCUT2D eigenvalue weighted by Crippen LogP contribution is -1.95. The SMILES string of the molecule is CCc1ccc(OC)c(Cc2cnc(N)o2)c1. The fraction of sp³-hybridized carbons (Fsp3) is 0.308. The van der Waals surface area contributed by atoms with E-state index < -0.39 is 0 Å². The molecule has 0 aliphatic heterocycles. The number of benzene rings is 1. The van der Waals surface area contributed by atoms with Crippen molar-refractivity contribution in [2.45, 2.75) is 19.8 Å². The largest absolute Gasteiger partial charge is 0.496 e. The summed E-state index contributed by atoms with van der Waals surface area (Å²) in [5.74, 6) is 1.60. The Balaban J connectivity index is 2.29. The fourth-order valence-electron chi connectivity index (χ4n) is 1.78. The molecule has 0 aliphatic carbocycles. The molecule has 2 N–H and O–H groups in total. The molecule has 2 rings (SSSR count). The second kappa shape index (κ2) is 4.91. The third-order valence-corrected chi connectivity index (χ3v) is 2.69. The summed E-state index contributed by atoms with van der Waals surface area (Å²) in [4.78, 5) is 3.88. The molecule has 0 aliphatic rings. The number of anilines is 1. The van der Waals surface area contributed by atoms with Crippen LogP contribution in [-0.2, 0) is 12.8 Å². The van der Waals surface area contributed by atoms with E-state index in [-0.39, 0.29) is 6.01 Å². The summed E-state index contributed by atoms with van der Waals surface area (Å²) < 4.78 is 10.6. The molecular formula is C13H16N2O2. The molecule has 17 heavy (non-hydrogen) atoms. The average molecular weight is 232 g/mol. The van der Waals surface area contributed by atoms with Crippen molar-refractivity contribution in [3.8, 4) is 5.75 Å². The molecule has 90 valence electrons. The number of nitrogen functional groups attached to an aromatic ring is 1. The predicted octanol–water partition coefficient (Wildman–Crippen LogP) is 2.42. The lowest BCUT2D eigenvalue weighted by Gasteiger charge is -2.08. The number of hydrogen-bond donors (Lipinski definition) is 1. The Morgan fingerprint density at radius 3 is 2.82 bits per heavy atom. The molecule has 0 fully saturated rings. The summed E-state index contributed by atoms with van der Waals surface area (Å²) in [6.45, 7) is 2.12. The number of aryl methyl sites for hydroxylation is 1. The van der Waals surface area contributed by atoms with Gasteiger partial charge >= 0.3 is 0 Å². The second-order valence-corrected chi connectivity index (χ2v) is 3.84. The van der Waals surface area contributed by atoms with Gasteiger partial charge in [0.2, 0.25) is 0 Å². The van der Waals surface area contributed by atoms with E-state index in [1.54, 1.807) is 13.3 Å². The van der Waals surface area contributed by atoms with E-state index in [9.17, 15) is 0 Å². The summed E-state index contributed by atoms with van der Waals surface area (Å²) in [5, 5.41) is 0. The first-order chi connectivity index (χ1) is 8.22. The number of aromatic nitrogens is 1. The van der Waals surface area contributed by atoms with Gasteiger partial charge in [0, 0.05) is 12.0 Å². The van der Waals surface area contributed by atoms with Crippen molar-refractivity contribution >= 4 is 6.01 Å². The van der Waals surface area contributed by atoms with E-state index in [1.807, 2.05) is 6.07 Å². The van der Waals surface area contributed by atoms with Crippen molar-refractivity contribution in [3.63, 3.8) is 0 Å². The summed E-state index contributed by atoms with van der Waals surface area (Å²) in [6.07, 6.45) is 3.28. The minimum atomic E-state index is 0.200. The number of hydrogen-bond acceptors (Lipinski definition) is 4. The van der Waals surface area contributed by atoms with Crippen molar-refractivity contribution in [2.75, 3.05) is 12.8 Å². The van der Waals surface area contributed by atoms with Crippen LogP contribution in [0.4, 0.5) is 6.01 Å². The van der Waals surface area contributed by atoms with Gasteiger partial charge in [0.05, 0.1) is 13.3 Å². The first-order valence-corrected chi connectivity index (χ1v) is 5.59. The van der Waals surface area contributed by atoms with Crippen molar-refractivity contribution in [3.05, 3.63) is 41.3 Å². The molecule has 0 unspecified atom stereocenters. The van der Waals surface area contributed by atoms with Crippen LogP contribution in [0, 0.1) is 0 Å². The quantitative estimate of drug-likeness (QED) is 0.879. The van der Waals surface area contributed by atoms with Gasteiger partial charge in [-0.15, -0.1) is 0 Å². The highest BCUT2D eigenvalue weighted by molar-refractivity contribution is 5.39. The molecule has 1 aromatic heterocycles. The van der Waals surface area contributed by atoms with Crippen LogP contribution in [0.15, 0.2) is 28.8 Å². The lowest BCUT2D eigenvalue weighted by molar-refractivity contribution is 0.408. The van der Waals surface area contributed by atoms with Crippen LogP contribution in [0.3, 0.4) is 0 Å². The minimum absolute atomic E-state index is 0.200. The normalized spacial score (nSPS) is 10.5. The molecule has 4 nitrogen and oxygen atoms in total. The number of rotatable bonds is 4. The maximum Gasteiger partial charge on any atom is 0.292 e. The fourth-order valence-corrected chi connectivity index (χ4v) is 1.78. The van der Waals surface area contributed by atoms with Crippen LogP contribution >= 0.6 is 0 Å². The minimum Gasteiger partial charge on any atom is -0.496 e. The van der Waals surface area contributed by atoms with Crippen LogP contribution < -0.4 is 10.5 Å². The highest BCUT2D eigenvalue weighted by atomic mass is 16.5. The van der Waals surface area contributed by atoms with Gasteiger partial charge in [-0.25, -0.2) is 4.98 Å². The van der Waals surface area contributed by atoms with Gasteiger partial charge < -0.3 is 14.9 Å². The van der Waals surface area contributed by atoms with Gasteiger partial charge in [-0.3, -0.25) is 0 Å². The summed E-state index contributed by atoms with van der Waals surface area (Å²) >= 11 is 0. The third kappa shape index (κ3) is 2.58. The molecule has 2 aromatic rings. The first kappa shape index (κ1) is 11.5. The lowest BCUT2D eigenvalue weighted by atomic mass is 10.0. The standard InChI is InChI=1S/C13H16N2O2/c1-3-9-4-5-12(16-2)10(6-9)7-11-8-15-13(14)17-11/h4-6,8H,3,7H2,1-2H3,(H2,14,15). The van der Waals surface area contributed by atoms with Gasteiger partial charge in [-0.05, 0) is 18.1 Å². The van der Waals surface area contributed by atoms with Crippen LogP contribution in [0.5, 0.6) is 5.75 Å². The maximum atomic E-state index is 5.45. The van der Waals surface area contributed by atoms with Gasteiger partial charge in [0.25, 0.3) is 6.01 Å². The molecule has 1 aromatic carbocycles. The van der Waals surface area contributed by atoms with Crippen molar-refractivity contribution in [1.29, 1.82) is 0 Å². The zero-order chi connectivity index (χ0) is 12.3. The Morgan fingerprint density at radius 1 is 1.41 bits per heavy atom. The summed E-state index contributed by atoms with van der Waals surface area (Å²) in [6, 6.07) is 6.37. The van der Waals surface area contributed by atoms with E-state index in [0.29, 0.717) is 6.42 Å². The number of oxazole rings is 1. The Morgan fingerprint density at radius 2 is 2.24 bits per heavy atom. The Hall–Kier alpha value is -1.97. The molecular weight excluding hydrogens is 216 g/mol. The van der Waals surface area contributed by atoms with Crippen molar-refractivity contribution < 1.29 is 9.15 Å². The van der Waals surface area contributed by atoms with Crippen LogP contribution in [0.1, 0.15) is 23.8 Å². The number of nitrogens with two attached hydrogens (primary N) is 1. The average Bonchev–Trinajstić information content (AvgIpc) is 2.74.